The molecule has 0 radical (unpaired) electrons. The Morgan fingerprint density at radius 1 is 1.06 bits per heavy atom. The van der Waals surface area contributed by atoms with Crippen LogP contribution in [0.4, 0.5) is 4.39 Å². The molecule has 1 fully saturated rings. The Morgan fingerprint density at radius 3 is 2.23 bits per heavy atom. The lowest BCUT2D eigenvalue weighted by molar-refractivity contribution is 0.253. The first-order valence-corrected chi connectivity index (χ1v) is 12.3. The van der Waals surface area contributed by atoms with Gasteiger partial charge in [-0.2, -0.15) is 0 Å². The maximum atomic E-state index is 13.3. The summed E-state index contributed by atoms with van der Waals surface area (Å²) in [7, 11) is -3.17. The molecule has 1 aliphatic rings. The first kappa shape index (κ1) is 25.6. The zero-order valence-electron chi connectivity index (χ0n) is 18.0. The normalized spacial score (nSPS) is 15.5. The minimum Gasteiger partial charge on any atom is -0.357 e. The predicted molar refractivity (Wildman–Crippen MR) is 135 cm³/mol. The first-order chi connectivity index (χ1) is 14.3. The number of nitrogens with one attached hydrogen (secondary N) is 2. The van der Waals surface area contributed by atoms with Gasteiger partial charge in [0, 0.05) is 24.8 Å². The van der Waals surface area contributed by atoms with E-state index in [1.807, 2.05) is 31.2 Å². The highest BCUT2D eigenvalue weighted by atomic mass is 127. The van der Waals surface area contributed by atoms with Crippen molar-refractivity contribution in [2.45, 2.75) is 42.9 Å². The van der Waals surface area contributed by atoms with Gasteiger partial charge in [0.25, 0.3) is 0 Å². The van der Waals surface area contributed by atoms with Crippen LogP contribution in [0.3, 0.4) is 0 Å². The van der Waals surface area contributed by atoms with E-state index in [0.29, 0.717) is 18.0 Å². The van der Waals surface area contributed by atoms with Gasteiger partial charge in [0.15, 0.2) is 15.8 Å². The fourth-order valence-corrected chi connectivity index (χ4v) is 4.38. The zero-order valence-corrected chi connectivity index (χ0v) is 21.2. The van der Waals surface area contributed by atoms with Crippen LogP contribution in [-0.4, -0.2) is 40.3 Å². The lowest BCUT2D eigenvalue weighted by Gasteiger charge is -2.41. The number of nitrogens with zero attached hydrogens (tertiary/aromatic N) is 1. The Kier molecular flexibility index (Phi) is 9.29. The van der Waals surface area contributed by atoms with Gasteiger partial charge in [-0.1, -0.05) is 30.7 Å². The molecule has 0 aliphatic heterocycles. The summed E-state index contributed by atoms with van der Waals surface area (Å²) in [5, 5.41) is 6.63. The van der Waals surface area contributed by atoms with Gasteiger partial charge in [-0.3, -0.25) is 4.99 Å². The van der Waals surface area contributed by atoms with Gasteiger partial charge < -0.3 is 10.6 Å². The number of benzene rings is 2. The van der Waals surface area contributed by atoms with Gasteiger partial charge in [0.1, 0.15) is 5.82 Å². The predicted octanol–water partition coefficient (Wildman–Crippen LogP) is 4.07. The number of hydrogen-bond donors (Lipinski definition) is 2. The number of rotatable bonds is 8. The molecule has 0 unspecified atom stereocenters. The molecular weight excluding hydrogens is 528 g/mol. The standard InChI is InChI=1S/C23H30FN3O2S.HI/c1-3-25-22(26-16-13-18-5-11-21(12-6-18)30(2,28)29)27-17-23(14-4-15-23)19-7-9-20(24)10-8-19;/h5-12H,3-4,13-17H2,1-2H3,(H2,25,26,27);1H. The molecule has 0 saturated heterocycles. The Hall–Kier alpha value is -1.68. The van der Waals surface area contributed by atoms with Crippen molar-refractivity contribution in [3.05, 3.63) is 65.5 Å². The van der Waals surface area contributed by atoms with E-state index in [1.165, 1.54) is 24.8 Å². The van der Waals surface area contributed by atoms with Crippen molar-refractivity contribution in [1.29, 1.82) is 0 Å². The summed E-state index contributed by atoms with van der Waals surface area (Å²) in [5.74, 6) is 0.551. The van der Waals surface area contributed by atoms with E-state index in [2.05, 4.69) is 10.6 Å². The lowest BCUT2D eigenvalue weighted by atomic mass is 9.64. The highest BCUT2D eigenvalue weighted by molar-refractivity contribution is 14.0. The lowest BCUT2D eigenvalue weighted by Crippen LogP contribution is -2.42. The summed E-state index contributed by atoms with van der Waals surface area (Å²) >= 11 is 0. The minimum absolute atomic E-state index is 0. The first-order valence-electron chi connectivity index (χ1n) is 10.4. The van der Waals surface area contributed by atoms with Crippen molar-refractivity contribution < 1.29 is 12.8 Å². The molecule has 31 heavy (non-hydrogen) atoms. The largest absolute Gasteiger partial charge is 0.357 e. The Labute approximate surface area is 201 Å². The van der Waals surface area contributed by atoms with Gasteiger partial charge in [-0.15, -0.1) is 24.0 Å². The summed E-state index contributed by atoms with van der Waals surface area (Å²) in [6.07, 6.45) is 5.27. The molecule has 5 nitrogen and oxygen atoms in total. The van der Waals surface area contributed by atoms with Crippen LogP contribution in [0.5, 0.6) is 0 Å². The quantitative estimate of drug-likeness (QED) is 0.291. The smallest absolute Gasteiger partial charge is 0.191 e. The van der Waals surface area contributed by atoms with Crippen molar-refractivity contribution in [3.63, 3.8) is 0 Å². The second-order valence-electron chi connectivity index (χ2n) is 7.93. The van der Waals surface area contributed by atoms with Crippen LogP contribution >= 0.6 is 24.0 Å². The van der Waals surface area contributed by atoms with Crippen molar-refractivity contribution in [2.75, 3.05) is 25.9 Å². The van der Waals surface area contributed by atoms with Crippen LogP contribution < -0.4 is 10.6 Å². The third kappa shape index (κ3) is 6.90. The van der Waals surface area contributed by atoms with Crippen molar-refractivity contribution in [1.82, 2.24) is 10.6 Å². The highest BCUT2D eigenvalue weighted by Gasteiger charge is 2.38. The van der Waals surface area contributed by atoms with Crippen molar-refractivity contribution in [2.24, 2.45) is 4.99 Å². The molecule has 0 spiro atoms. The number of guanidine groups is 1. The van der Waals surface area contributed by atoms with Crippen molar-refractivity contribution >= 4 is 39.8 Å². The Balaban J connectivity index is 0.00000341. The fraction of sp³-hybridized carbons (Fsp3) is 0.435. The summed E-state index contributed by atoms with van der Waals surface area (Å²) in [5.41, 5.74) is 2.21. The van der Waals surface area contributed by atoms with E-state index in [1.54, 1.807) is 12.1 Å². The van der Waals surface area contributed by atoms with E-state index in [0.717, 1.165) is 42.9 Å². The van der Waals surface area contributed by atoms with Crippen LogP contribution in [-0.2, 0) is 21.7 Å². The van der Waals surface area contributed by atoms with Gasteiger partial charge in [0.05, 0.1) is 11.4 Å². The van der Waals surface area contributed by atoms with E-state index in [4.69, 9.17) is 4.99 Å². The van der Waals surface area contributed by atoms with Crippen LogP contribution in [0.2, 0.25) is 0 Å². The second kappa shape index (κ2) is 11.3. The summed E-state index contributed by atoms with van der Waals surface area (Å²) in [6, 6.07) is 13.8. The molecule has 8 heteroatoms. The molecule has 170 valence electrons. The van der Waals surface area contributed by atoms with Crippen LogP contribution in [0.1, 0.15) is 37.3 Å². The van der Waals surface area contributed by atoms with Gasteiger partial charge in [-0.05, 0) is 61.6 Å². The molecule has 2 N–H and O–H groups in total. The molecule has 0 amide bonds. The van der Waals surface area contributed by atoms with Gasteiger partial charge >= 0.3 is 0 Å². The molecule has 3 rings (SSSR count). The average Bonchev–Trinajstić information content (AvgIpc) is 2.68. The Bertz CT molecular complexity index is 973. The third-order valence-corrected chi connectivity index (χ3v) is 6.84. The van der Waals surface area contributed by atoms with Crippen LogP contribution in [0, 0.1) is 5.82 Å². The minimum atomic E-state index is -3.17. The molecule has 1 aliphatic carbocycles. The monoisotopic (exact) mass is 559 g/mol. The van der Waals surface area contributed by atoms with Crippen molar-refractivity contribution in [3.8, 4) is 0 Å². The highest BCUT2D eigenvalue weighted by Crippen LogP contribution is 2.44. The van der Waals surface area contributed by atoms with E-state index < -0.39 is 9.84 Å². The Morgan fingerprint density at radius 2 is 1.71 bits per heavy atom. The number of hydrogen-bond acceptors (Lipinski definition) is 3. The topological polar surface area (TPSA) is 70.6 Å². The maximum absolute atomic E-state index is 13.3. The van der Waals surface area contributed by atoms with E-state index >= 15 is 0 Å². The summed E-state index contributed by atoms with van der Waals surface area (Å²) < 4.78 is 36.4. The molecule has 0 atom stereocenters. The maximum Gasteiger partial charge on any atom is 0.191 e. The summed E-state index contributed by atoms with van der Waals surface area (Å²) in [6.45, 7) is 4.14. The van der Waals surface area contributed by atoms with E-state index in [9.17, 15) is 12.8 Å². The molecule has 0 aromatic heterocycles. The van der Waals surface area contributed by atoms with Crippen LogP contribution in [0.15, 0.2) is 58.4 Å². The number of sulfone groups is 1. The van der Waals surface area contributed by atoms with Gasteiger partial charge in [0.2, 0.25) is 0 Å². The third-order valence-electron chi connectivity index (χ3n) is 5.71. The molecular formula is C23H31FIN3O2S. The molecule has 1 saturated carbocycles. The molecule has 0 heterocycles. The molecule has 2 aromatic carbocycles. The number of halogens is 2. The fourth-order valence-electron chi connectivity index (χ4n) is 3.75. The molecule has 0 bridgehead atoms. The van der Waals surface area contributed by atoms with Crippen LogP contribution in [0.25, 0.3) is 0 Å². The SMILES string of the molecule is CCNC(=NCC1(c2ccc(F)cc2)CCC1)NCCc1ccc(S(C)(=O)=O)cc1.I. The average molecular weight is 559 g/mol. The second-order valence-corrected chi connectivity index (χ2v) is 9.94. The summed E-state index contributed by atoms with van der Waals surface area (Å²) in [4.78, 5) is 5.14. The molecule has 2 aromatic rings. The number of aliphatic imine (C=N–C) groups is 1. The zero-order chi connectivity index (χ0) is 21.6. The van der Waals surface area contributed by atoms with Gasteiger partial charge in [-0.25, -0.2) is 12.8 Å². The van der Waals surface area contributed by atoms with E-state index in [-0.39, 0.29) is 35.2 Å².